The van der Waals surface area contributed by atoms with Crippen LogP contribution < -0.4 is 15.5 Å². The van der Waals surface area contributed by atoms with E-state index in [1.807, 2.05) is 11.0 Å². The molecule has 0 spiro atoms. The number of carbonyl (C=O) groups excluding carboxylic acids is 2. The van der Waals surface area contributed by atoms with Crippen LogP contribution in [0.1, 0.15) is 12.8 Å². The summed E-state index contributed by atoms with van der Waals surface area (Å²) in [5.74, 6) is -0.0404. The molecule has 2 aliphatic heterocycles. The summed E-state index contributed by atoms with van der Waals surface area (Å²) in [6, 6.07) is 6.57. The molecule has 0 bridgehead atoms. The van der Waals surface area contributed by atoms with Crippen molar-refractivity contribution < 1.29 is 14.0 Å². The summed E-state index contributed by atoms with van der Waals surface area (Å²) in [5.41, 5.74) is 0.621. The molecule has 3 amide bonds. The molecular weight excluding hydrogens is 311 g/mol. The van der Waals surface area contributed by atoms with Crippen molar-refractivity contribution in [1.82, 2.24) is 15.5 Å². The van der Waals surface area contributed by atoms with Gasteiger partial charge in [-0.15, -0.1) is 0 Å². The molecule has 2 saturated heterocycles. The van der Waals surface area contributed by atoms with Gasteiger partial charge in [-0.25, -0.2) is 9.18 Å². The molecule has 2 aliphatic rings. The Bertz CT molecular complexity index is 610. The lowest BCUT2D eigenvalue weighted by Gasteiger charge is -2.22. The van der Waals surface area contributed by atoms with Crippen molar-refractivity contribution in [1.29, 1.82) is 0 Å². The van der Waals surface area contributed by atoms with E-state index in [0.29, 0.717) is 25.3 Å². The third-order valence-corrected chi connectivity index (χ3v) is 4.57. The summed E-state index contributed by atoms with van der Waals surface area (Å²) in [7, 11) is 0. The number of benzene rings is 1. The second kappa shape index (κ2) is 7.51. The number of urea groups is 1. The van der Waals surface area contributed by atoms with Crippen LogP contribution in [0.4, 0.5) is 14.9 Å². The highest BCUT2D eigenvalue weighted by molar-refractivity contribution is 5.84. The normalized spacial score (nSPS) is 21.4. The predicted molar refractivity (Wildman–Crippen MR) is 89.3 cm³/mol. The highest BCUT2D eigenvalue weighted by Gasteiger charge is 2.26. The van der Waals surface area contributed by atoms with E-state index in [-0.39, 0.29) is 30.2 Å². The smallest absolute Gasteiger partial charge is 0.317 e. The van der Waals surface area contributed by atoms with Crippen molar-refractivity contribution in [2.75, 3.05) is 44.2 Å². The van der Waals surface area contributed by atoms with Gasteiger partial charge in [0.1, 0.15) is 12.4 Å². The van der Waals surface area contributed by atoms with Crippen LogP contribution in [-0.4, -0.2) is 56.1 Å². The number of rotatable bonds is 3. The average Bonchev–Trinajstić information content (AvgIpc) is 2.93. The molecule has 2 heterocycles. The van der Waals surface area contributed by atoms with Gasteiger partial charge in [-0.2, -0.15) is 0 Å². The van der Waals surface area contributed by atoms with E-state index >= 15 is 0 Å². The van der Waals surface area contributed by atoms with Crippen molar-refractivity contribution in [2.24, 2.45) is 5.92 Å². The average molecular weight is 334 g/mol. The summed E-state index contributed by atoms with van der Waals surface area (Å²) in [4.78, 5) is 27.3. The Kier molecular flexibility index (Phi) is 5.17. The van der Waals surface area contributed by atoms with Crippen LogP contribution in [0.5, 0.6) is 0 Å². The molecule has 0 unspecified atom stereocenters. The van der Waals surface area contributed by atoms with Gasteiger partial charge in [-0.05, 0) is 30.9 Å². The fraction of sp³-hybridized carbons (Fsp3) is 0.529. The lowest BCUT2D eigenvalue weighted by atomic mass is 10.1. The van der Waals surface area contributed by atoms with E-state index in [1.54, 1.807) is 17.0 Å². The first-order valence-electron chi connectivity index (χ1n) is 8.42. The lowest BCUT2D eigenvalue weighted by molar-refractivity contribution is -0.121. The number of halogens is 1. The third-order valence-electron chi connectivity index (χ3n) is 4.57. The van der Waals surface area contributed by atoms with Gasteiger partial charge in [0, 0.05) is 32.7 Å². The summed E-state index contributed by atoms with van der Waals surface area (Å²) in [6.07, 6.45) is 1.68. The number of amides is 3. The molecule has 2 fully saturated rings. The Morgan fingerprint density at radius 3 is 3.00 bits per heavy atom. The van der Waals surface area contributed by atoms with Gasteiger partial charge in [0.25, 0.3) is 0 Å². The predicted octanol–water partition coefficient (Wildman–Crippen LogP) is 1.18. The quantitative estimate of drug-likeness (QED) is 0.873. The molecule has 6 nitrogen and oxygen atoms in total. The SMILES string of the molecule is O=C1CN(C(=O)NC[C@H]2CCN(c3ccccc3F)C2)CCCN1. The minimum atomic E-state index is -0.210. The first kappa shape index (κ1) is 16.5. The molecule has 3 rings (SSSR count). The summed E-state index contributed by atoms with van der Waals surface area (Å²) < 4.78 is 13.8. The molecule has 24 heavy (non-hydrogen) atoms. The number of nitrogens with one attached hydrogen (secondary N) is 2. The maximum atomic E-state index is 13.8. The first-order valence-corrected chi connectivity index (χ1v) is 8.42. The zero-order valence-corrected chi connectivity index (χ0v) is 13.6. The fourth-order valence-electron chi connectivity index (χ4n) is 3.25. The summed E-state index contributed by atoms with van der Waals surface area (Å²) in [6.45, 7) is 3.36. The van der Waals surface area contributed by atoms with Gasteiger partial charge in [-0.3, -0.25) is 4.79 Å². The van der Waals surface area contributed by atoms with E-state index in [1.165, 1.54) is 6.07 Å². The van der Waals surface area contributed by atoms with Crippen LogP contribution in [0.15, 0.2) is 24.3 Å². The highest BCUT2D eigenvalue weighted by atomic mass is 19.1. The Labute approximate surface area is 141 Å². The zero-order chi connectivity index (χ0) is 16.9. The van der Waals surface area contributed by atoms with E-state index in [9.17, 15) is 14.0 Å². The van der Waals surface area contributed by atoms with Crippen LogP contribution >= 0.6 is 0 Å². The molecule has 0 saturated carbocycles. The number of anilines is 1. The second-order valence-corrected chi connectivity index (χ2v) is 6.36. The molecular formula is C17H23FN4O2. The van der Waals surface area contributed by atoms with Crippen molar-refractivity contribution in [3.05, 3.63) is 30.1 Å². The van der Waals surface area contributed by atoms with Gasteiger partial charge in [0.2, 0.25) is 5.91 Å². The fourth-order valence-corrected chi connectivity index (χ4v) is 3.25. The Morgan fingerprint density at radius 2 is 2.17 bits per heavy atom. The summed E-state index contributed by atoms with van der Waals surface area (Å²) in [5, 5.41) is 5.67. The van der Waals surface area contributed by atoms with Crippen molar-refractivity contribution >= 4 is 17.6 Å². The zero-order valence-electron chi connectivity index (χ0n) is 13.6. The number of nitrogens with zero attached hydrogens (tertiary/aromatic N) is 2. The minimum absolute atomic E-state index is 0.109. The second-order valence-electron chi connectivity index (χ2n) is 6.36. The van der Waals surface area contributed by atoms with Gasteiger partial charge in [0.15, 0.2) is 0 Å². The molecule has 130 valence electrons. The first-order chi connectivity index (χ1) is 11.6. The van der Waals surface area contributed by atoms with Gasteiger partial charge < -0.3 is 20.4 Å². The largest absolute Gasteiger partial charge is 0.369 e. The van der Waals surface area contributed by atoms with E-state index in [4.69, 9.17) is 0 Å². The van der Waals surface area contributed by atoms with Crippen LogP contribution in [0.25, 0.3) is 0 Å². The maximum Gasteiger partial charge on any atom is 0.317 e. The molecule has 1 aromatic carbocycles. The van der Waals surface area contributed by atoms with Gasteiger partial charge in [0.05, 0.1) is 5.69 Å². The Hall–Kier alpha value is -2.31. The Balaban J connectivity index is 1.48. The number of para-hydroxylation sites is 1. The van der Waals surface area contributed by atoms with Crippen LogP contribution in [0, 0.1) is 11.7 Å². The molecule has 0 aromatic heterocycles. The summed E-state index contributed by atoms with van der Waals surface area (Å²) >= 11 is 0. The number of hydrogen-bond donors (Lipinski definition) is 2. The molecule has 7 heteroatoms. The topological polar surface area (TPSA) is 64.7 Å². The monoisotopic (exact) mass is 334 g/mol. The van der Waals surface area contributed by atoms with E-state index in [0.717, 1.165) is 25.9 Å². The van der Waals surface area contributed by atoms with Crippen LogP contribution in [0.3, 0.4) is 0 Å². The minimum Gasteiger partial charge on any atom is -0.369 e. The number of hydrogen-bond acceptors (Lipinski definition) is 3. The molecule has 0 radical (unpaired) electrons. The van der Waals surface area contributed by atoms with Crippen molar-refractivity contribution in [3.8, 4) is 0 Å². The van der Waals surface area contributed by atoms with Gasteiger partial charge in [-0.1, -0.05) is 12.1 Å². The van der Waals surface area contributed by atoms with Crippen LogP contribution in [0.2, 0.25) is 0 Å². The number of carbonyl (C=O) groups is 2. The molecule has 2 N–H and O–H groups in total. The highest BCUT2D eigenvalue weighted by Crippen LogP contribution is 2.25. The van der Waals surface area contributed by atoms with E-state index < -0.39 is 0 Å². The van der Waals surface area contributed by atoms with Crippen molar-refractivity contribution in [3.63, 3.8) is 0 Å². The van der Waals surface area contributed by atoms with Crippen molar-refractivity contribution in [2.45, 2.75) is 12.8 Å². The lowest BCUT2D eigenvalue weighted by Crippen LogP contribution is -2.45. The third kappa shape index (κ3) is 3.96. The van der Waals surface area contributed by atoms with Crippen LogP contribution in [-0.2, 0) is 4.79 Å². The molecule has 0 aliphatic carbocycles. The standard InChI is InChI=1S/C17H23FN4O2/c18-14-4-1-2-5-15(14)21-9-6-13(11-21)10-20-17(24)22-8-3-7-19-16(23)12-22/h1-2,4-5,13H,3,6-12H2,(H,19,23)(H,20,24)/t13-/m1/s1. The molecule has 1 atom stereocenters. The molecule has 1 aromatic rings. The van der Waals surface area contributed by atoms with Gasteiger partial charge >= 0.3 is 6.03 Å². The van der Waals surface area contributed by atoms with E-state index in [2.05, 4.69) is 10.6 Å². The Morgan fingerprint density at radius 1 is 1.33 bits per heavy atom. The maximum absolute atomic E-state index is 13.8.